The van der Waals surface area contributed by atoms with E-state index in [-0.39, 0.29) is 22.6 Å². The molecule has 2 heterocycles. The molecule has 0 spiro atoms. The molecule has 2 aromatic carbocycles. The van der Waals surface area contributed by atoms with Crippen LogP contribution in [-0.4, -0.2) is 33.9 Å². The standard InChI is InChI=1S/C23H19FN4O/c1-4-15-7-6-8-19(21(15)24)27-22-17-11-16(9-10-18(17)25-14-26-22)23(3)12-28(13-23)20(29)5-2/h1,5-11,14H,2,12-13H2,3H3,(H,25,26,27). The zero-order valence-electron chi connectivity index (χ0n) is 15.9. The van der Waals surface area contributed by atoms with Gasteiger partial charge >= 0.3 is 0 Å². The van der Waals surface area contributed by atoms with Crippen molar-refractivity contribution in [3.8, 4) is 12.3 Å². The summed E-state index contributed by atoms with van der Waals surface area (Å²) in [5.41, 5.74) is 2.07. The summed E-state index contributed by atoms with van der Waals surface area (Å²) in [5, 5.41) is 3.81. The Morgan fingerprint density at radius 3 is 2.86 bits per heavy atom. The molecule has 144 valence electrons. The number of carbonyl (C=O) groups excluding carboxylic acids is 1. The number of benzene rings is 2. The minimum Gasteiger partial charge on any atom is -0.337 e. The van der Waals surface area contributed by atoms with E-state index in [0.717, 1.165) is 16.5 Å². The first kappa shape index (κ1) is 18.6. The van der Waals surface area contributed by atoms with Crippen LogP contribution in [0.15, 0.2) is 55.4 Å². The number of hydrogen-bond donors (Lipinski definition) is 1. The van der Waals surface area contributed by atoms with Gasteiger partial charge in [0.1, 0.15) is 12.1 Å². The van der Waals surface area contributed by atoms with E-state index in [4.69, 9.17) is 6.42 Å². The Morgan fingerprint density at radius 2 is 2.14 bits per heavy atom. The minimum absolute atomic E-state index is 0.0715. The number of terminal acetylenes is 1. The van der Waals surface area contributed by atoms with E-state index < -0.39 is 5.82 Å². The van der Waals surface area contributed by atoms with Crippen molar-refractivity contribution < 1.29 is 9.18 Å². The van der Waals surface area contributed by atoms with Crippen molar-refractivity contribution >= 4 is 28.3 Å². The van der Waals surface area contributed by atoms with E-state index in [0.29, 0.717) is 18.9 Å². The Labute approximate surface area is 168 Å². The van der Waals surface area contributed by atoms with Crippen molar-refractivity contribution in [3.05, 3.63) is 72.3 Å². The number of anilines is 2. The molecule has 1 fully saturated rings. The first-order chi connectivity index (χ1) is 13.9. The van der Waals surface area contributed by atoms with Gasteiger partial charge in [-0.1, -0.05) is 31.6 Å². The van der Waals surface area contributed by atoms with Crippen molar-refractivity contribution in [2.24, 2.45) is 0 Å². The van der Waals surface area contributed by atoms with Crippen LogP contribution in [0, 0.1) is 18.2 Å². The maximum atomic E-state index is 14.5. The molecule has 0 unspecified atom stereocenters. The Morgan fingerprint density at radius 1 is 1.34 bits per heavy atom. The Hall–Kier alpha value is -3.72. The predicted octanol–water partition coefficient (Wildman–Crippen LogP) is 3.78. The zero-order chi connectivity index (χ0) is 20.6. The molecule has 5 nitrogen and oxygen atoms in total. The van der Waals surface area contributed by atoms with Gasteiger partial charge < -0.3 is 10.2 Å². The zero-order valence-corrected chi connectivity index (χ0v) is 15.9. The Bertz CT molecular complexity index is 1180. The number of rotatable bonds is 4. The van der Waals surface area contributed by atoms with Crippen LogP contribution < -0.4 is 5.32 Å². The van der Waals surface area contributed by atoms with Crippen molar-refractivity contribution in [2.75, 3.05) is 18.4 Å². The first-order valence-electron chi connectivity index (χ1n) is 9.14. The average Bonchev–Trinajstić information content (AvgIpc) is 2.72. The highest BCUT2D eigenvalue weighted by atomic mass is 19.1. The highest BCUT2D eigenvalue weighted by Gasteiger charge is 2.41. The second-order valence-electron chi connectivity index (χ2n) is 7.35. The van der Waals surface area contributed by atoms with Gasteiger partial charge in [-0.2, -0.15) is 0 Å². The summed E-state index contributed by atoms with van der Waals surface area (Å²) in [5.74, 6) is 2.26. The van der Waals surface area contributed by atoms with Gasteiger partial charge in [-0.3, -0.25) is 4.79 Å². The molecule has 1 aliphatic rings. The monoisotopic (exact) mass is 386 g/mol. The number of aromatic nitrogens is 2. The molecule has 0 aliphatic carbocycles. The fourth-order valence-corrected chi connectivity index (χ4v) is 3.66. The van der Waals surface area contributed by atoms with Crippen molar-refractivity contribution in [1.29, 1.82) is 0 Å². The van der Waals surface area contributed by atoms with Crippen LogP contribution in [0.4, 0.5) is 15.9 Å². The maximum Gasteiger partial charge on any atom is 0.246 e. The van der Waals surface area contributed by atoms with E-state index in [1.165, 1.54) is 12.4 Å². The summed E-state index contributed by atoms with van der Waals surface area (Å²) in [6.45, 7) is 6.86. The van der Waals surface area contributed by atoms with E-state index >= 15 is 0 Å². The lowest BCUT2D eigenvalue weighted by molar-refractivity contribution is -0.133. The summed E-state index contributed by atoms with van der Waals surface area (Å²) < 4.78 is 14.5. The molecule has 0 bridgehead atoms. The van der Waals surface area contributed by atoms with Crippen molar-refractivity contribution in [3.63, 3.8) is 0 Å². The van der Waals surface area contributed by atoms with E-state index in [2.05, 4.69) is 34.7 Å². The van der Waals surface area contributed by atoms with Crippen LogP contribution in [0.1, 0.15) is 18.1 Å². The number of nitrogens with zero attached hydrogens (tertiary/aromatic N) is 3. The van der Waals surface area contributed by atoms with Crippen molar-refractivity contribution in [2.45, 2.75) is 12.3 Å². The molecular weight excluding hydrogens is 367 g/mol. The third kappa shape index (κ3) is 3.21. The van der Waals surface area contributed by atoms with Gasteiger partial charge in [-0.05, 0) is 35.9 Å². The second-order valence-corrected chi connectivity index (χ2v) is 7.35. The van der Waals surface area contributed by atoms with Gasteiger partial charge in [0, 0.05) is 23.9 Å². The molecule has 0 saturated carbocycles. The average molecular weight is 386 g/mol. The molecule has 1 amide bonds. The predicted molar refractivity (Wildman–Crippen MR) is 111 cm³/mol. The third-order valence-corrected chi connectivity index (χ3v) is 5.31. The summed E-state index contributed by atoms with van der Waals surface area (Å²) in [4.78, 5) is 22.2. The molecule has 6 heteroatoms. The molecule has 1 aliphatic heterocycles. The maximum absolute atomic E-state index is 14.5. The molecule has 4 rings (SSSR count). The summed E-state index contributed by atoms with van der Waals surface area (Å²) in [6, 6.07) is 10.8. The summed E-state index contributed by atoms with van der Waals surface area (Å²) in [6.07, 6.45) is 8.12. The van der Waals surface area contributed by atoms with Crippen LogP contribution in [0.25, 0.3) is 10.9 Å². The fourth-order valence-electron chi connectivity index (χ4n) is 3.66. The number of carbonyl (C=O) groups is 1. The minimum atomic E-state index is -0.498. The lowest BCUT2D eigenvalue weighted by Gasteiger charge is -2.48. The number of halogens is 1. The first-order valence-corrected chi connectivity index (χ1v) is 9.14. The normalized spacial score (nSPS) is 14.7. The SMILES string of the molecule is C#Cc1cccc(Nc2ncnc3ccc(C4(C)CN(C(=O)C=C)C4)cc23)c1F. The van der Waals surface area contributed by atoms with Gasteiger partial charge in [-0.25, -0.2) is 14.4 Å². The van der Waals surface area contributed by atoms with Gasteiger partial charge in [0.05, 0.1) is 16.8 Å². The molecule has 0 radical (unpaired) electrons. The van der Waals surface area contributed by atoms with Crippen LogP contribution in [0.2, 0.25) is 0 Å². The number of likely N-dealkylation sites (tertiary alicyclic amines) is 1. The van der Waals surface area contributed by atoms with Crippen LogP contribution in [0.5, 0.6) is 0 Å². The van der Waals surface area contributed by atoms with Crippen LogP contribution in [-0.2, 0) is 10.2 Å². The van der Waals surface area contributed by atoms with E-state index in [1.54, 1.807) is 23.1 Å². The molecular formula is C23H19FN4O. The van der Waals surface area contributed by atoms with Gasteiger partial charge in [0.2, 0.25) is 5.91 Å². The van der Waals surface area contributed by atoms with Gasteiger partial charge in [-0.15, -0.1) is 6.42 Å². The van der Waals surface area contributed by atoms with E-state index in [9.17, 15) is 9.18 Å². The number of fused-ring (bicyclic) bond motifs is 1. The quantitative estimate of drug-likeness (QED) is 0.548. The fraction of sp³-hybridized carbons (Fsp3) is 0.174. The highest BCUT2D eigenvalue weighted by molar-refractivity contribution is 5.92. The molecule has 3 aromatic rings. The summed E-state index contributed by atoms with van der Waals surface area (Å²) in [7, 11) is 0. The lowest BCUT2D eigenvalue weighted by Crippen LogP contribution is -2.59. The third-order valence-electron chi connectivity index (χ3n) is 5.31. The number of amides is 1. The van der Waals surface area contributed by atoms with Crippen LogP contribution >= 0.6 is 0 Å². The number of nitrogens with one attached hydrogen (secondary N) is 1. The molecule has 1 saturated heterocycles. The molecule has 29 heavy (non-hydrogen) atoms. The smallest absolute Gasteiger partial charge is 0.246 e. The van der Waals surface area contributed by atoms with Crippen molar-refractivity contribution in [1.82, 2.24) is 14.9 Å². The summed E-state index contributed by atoms with van der Waals surface area (Å²) >= 11 is 0. The largest absolute Gasteiger partial charge is 0.337 e. The second kappa shape index (κ2) is 7.02. The van der Waals surface area contributed by atoms with Gasteiger partial charge in [0.25, 0.3) is 0 Å². The molecule has 0 atom stereocenters. The topological polar surface area (TPSA) is 58.1 Å². The molecule has 1 N–H and O–H groups in total. The van der Waals surface area contributed by atoms with E-state index in [1.807, 2.05) is 18.2 Å². The Kier molecular flexibility index (Phi) is 4.51. The van der Waals surface area contributed by atoms with Gasteiger partial charge in [0.15, 0.2) is 5.82 Å². The molecule has 1 aromatic heterocycles. The lowest BCUT2D eigenvalue weighted by atomic mass is 9.75. The highest BCUT2D eigenvalue weighted by Crippen LogP contribution is 2.36. The Balaban J connectivity index is 1.70. The number of hydrogen-bond acceptors (Lipinski definition) is 4. The van der Waals surface area contributed by atoms with Crippen LogP contribution in [0.3, 0.4) is 0 Å².